The summed E-state index contributed by atoms with van der Waals surface area (Å²) < 4.78 is 28.6. The van der Waals surface area contributed by atoms with Crippen molar-refractivity contribution in [3.63, 3.8) is 0 Å². The maximum absolute atomic E-state index is 12.7. The third-order valence-corrected chi connectivity index (χ3v) is 6.46. The van der Waals surface area contributed by atoms with Crippen molar-refractivity contribution in [3.05, 3.63) is 48.3 Å². The Labute approximate surface area is 143 Å². The van der Waals surface area contributed by atoms with Crippen molar-refractivity contribution in [1.82, 2.24) is 14.1 Å². The normalized spacial score (nSPS) is 17.2. The van der Waals surface area contributed by atoms with E-state index in [0.29, 0.717) is 24.5 Å². The number of aryl methyl sites for hydroxylation is 1. The van der Waals surface area contributed by atoms with Crippen LogP contribution in [0.25, 0.3) is 0 Å². The van der Waals surface area contributed by atoms with Gasteiger partial charge in [-0.05, 0) is 12.5 Å². The van der Waals surface area contributed by atoms with Crippen LogP contribution in [0.5, 0.6) is 0 Å². The van der Waals surface area contributed by atoms with E-state index in [-0.39, 0.29) is 0 Å². The molecule has 7 heteroatoms. The van der Waals surface area contributed by atoms with Crippen molar-refractivity contribution >= 4 is 10.0 Å². The van der Waals surface area contributed by atoms with Gasteiger partial charge in [-0.3, -0.25) is 4.68 Å². The molecule has 0 radical (unpaired) electrons. The molecular weight excluding hydrogens is 324 g/mol. The molecule has 1 aliphatic rings. The van der Waals surface area contributed by atoms with Gasteiger partial charge in [-0.15, -0.1) is 0 Å². The first-order valence-corrected chi connectivity index (χ1v) is 9.93. The van der Waals surface area contributed by atoms with Crippen molar-refractivity contribution in [1.29, 1.82) is 0 Å². The summed E-state index contributed by atoms with van der Waals surface area (Å²) in [5.41, 5.74) is 1.34. The first-order chi connectivity index (χ1) is 11.6. The smallest absolute Gasteiger partial charge is 0.246 e. The van der Waals surface area contributed by atoms with E-state index in [1.165, 1.54) is 16.7 Å². The maximum Gasteiger partial charge on any atom is 0.246 e. The lowest BCUT2D eigenvalue weighted by Gasteiger charge is -2.31. The molecule has 1 saturated heterocycles. The SMILES string of the molecule is CCn1cc(S(=O)(=O)N2CC[NH+](CCc3ccccc3)CC2)cn1. The van der Waals surface area contributed by atoms with Crippen LogP contribution in [0.15, 0.2) is 47.6 Å². The fourth-order valence-electron chi connectivity index (χ4n) is 3.06. The molecule has 3 rings (SSSR count). The minimum absolute atomic E-state index is 0.303. The first kappa shape index (κ1) is 17.1. The molecule has 1 aliphatic heterocycles. The molecule has 130 valence electrons. The zero-order valence-electron chi connectivity index (χ0n) is 14.1. The highest BCUT2D eigenvalue weighted by atomic mass is 32.2. The lowest BCUT2D eigenvalue weighted by Crippen LogP contribution is -3.15. The lowest BCUT2D eigenvalue weighted by molar-refractivity contribution is -0.903. The van der Waals surface area contributed by atoms with Crippen molar-refractivity contribution in [2.24, 2.45) is 0 Å². The van der Waals surface area contributed by atoms with E-state index < -0.39 is 10.0 Å². The Morgan fingerprint density at radius 1 is 1.17 bits per heavy atom. The van der Waals surface area contributed by atoms with Gasteiger partial charge in [0.2, 0.25) is 10.0 Å². The summed E-state index contributed by atoms with van der Waals surface area (Å²) in [6.45, 7) is 6.52. The van der Waals surface area contributed by atoms with Crippen LogP contribution in [-0.2, 0) is 23.0 Å². The lowest BCUT2D eigenvalue weighted by atomic mass is 10.1. The molecule has 2 heterocycles. The zero-order chi connectivity index (χ0) is 17.0. The van der Waals surface area contributed by atoms with Crippen LogP contribution in [0.4, 0.5) is 0 Å². The fraction of sp³-hybridized carbons (Fsp3) is 0.471. The molecule has 0 aliphatic carbocycles. The summed E-state index contributed by atoms with van der Waals surface area (Å²) in [5.74, 6) is 0. The average Bonchev–Trinajstić information content (AvgIpc) is 3.11. The Kier molecular flexibility index (Phi) is 5.33. The molecule has 2 aromatic rings. The van der Waals surface area contributed by atoms with Gasteiger partial charge in [0.1, 0.15) is 4.90 Å². The largest absolute Gasteiger partial charge is 0.332 e. The molecule has 6 nitrogen and oxygen atoms in total. The van der Waals surface area contributed by atoms with E-state index in [2.05, 4.69) is 29.4 Å². The van der Waals surface area contributed by atoms with Gasteiger partial charge in [-0.25, -0.2) is 8.42 Å². The van der Waals surface area contributed by atoms with E-state index in [9.17, 15) is 8.42 Å². The highest BCUT2D eigenvalue weighted by molar-refractivity contribution is 7.89. The third kappa shape index (κ3) is 3.85. The summed E-state index contributed by atoms with van der Waals surface area (Å²) in [6.07, 6.45) is 4.10. The topological polar surface area (TPSA) is 59.6 Å². The van der Waals surface area contributed by atoms with Crippen LogP contribution in [0.1, 0.15) is 12.5 Å². The number of quaternary nitrogens is 1. The number of piperazine rings is 1. The van der Waals surface area contributed by atoms with Crippen LogP contribution < -0.4 is 4.90 Å². The monoisotopic (exact) mass is 349 g/mol. The molecule has 0 spiro atoms. The summed E-state index contributed by atoms with van der Waals surface area (Å²) >= 11 is 0. The number of benzene rings is 1. The van der Waals surface area contributed by atoms with Gasteiger partial charge in [0.25, 0.3) is 0 Å². The number of aromatic nitrogens is 2. The highest BCUT2D eigenvalue weighted by Crippen LogP contribution is 2.14. The second kappa shape index (κ2) is 7.46. The van der Waals surface area contributed by atoms with Crippen LogP contribution in [-0.4, -0.2) is 55.2 Å². The van der Waals surface area contributed by atoms with Gasteiger partial charge in [-0.2, -0.15) is 9.40 Å². The molecule has 1 N–H and O–H groups in total. The second-order valence-electron chi connectivity index (χ2n) is 6.17. The number of sulfonamides is 1. The molecule has 1 aromatic heterocycles. The molecule has 0 saturated carbocycles. The number of hydrogen-bond acceptors (Lipinski definition) is 3. The maximum atomic E-state index is 12.7. The fourth-order valence-corrected chi connectivity index (χ4v) is 4.46. The van der Waals surface area contributed by atoms with E-state index in [0.717, 1.165) is 26.1 Å². The van der Waals surface area contributed by atoms with E-state index in [1.807, 2.05) is 13.0 Å². The van der Waals surface area contributed by atoms with Crippen LogP contribution in [0, 0.1) is 0 Å². The van der Waals surface area contributed by atoms with Gasteiger partial charge < -0.3 is 4.90 Å². The van der Waals surface area contributed by atoms with Crippen LogP contribution >= 0.6 is 0 Å². The summed E-state index contributed by atoms with van der Waals surface area (Å²) in [6, 6.07) is 10.4. The van der Waals surface area contributed by atoms with E-state index >= 15 is 0 Å². The number of nitrogens with one attached hydrogen (secondary N) is 1. The van der Waals surface area contributed by atoms with Gasteiger partial charge >= 0.3 is 0 Å². The Hall–Kier alpha value is -1.70. The molecule has 24 heavy (non-hydrogen) atoms. The molecular formula is C17H25N4O2S+. The Balaban J connectivity index is 1.54. The Morgan fingerprint density at radius 2 is 1.88 bits per heavy atom. The van der Waals surface area contributed by atoms with E-state index in [1.54, 1.807) is 15.2 Å². The minimum atomic E-state index is -3.41. The van der Waals surface area contributed by atoms with Gasteiger partial charge in [0, 0.05) is 19.2 Å². The number of hydrogen-bond donors (Lipinski definition) is 1. The third-order valence-electron chi connectivity index (χ3n) is 4.61. The molecule has 1 fully saturated rings. The van der Waals surface area contributed by atoms with Crippen molar-refractivity contribution in [3.8, 4) is 0 Å². The Morgan fingerprint density at radius 3 is 2.50 bits per heavy atom. The van der Waals surface area contributed by atoms with Crippen LogP contribution in [0.3, 0.4) is 0 Å². The number of nitrogens with zero attached hydrogens (tertiary/aromatic N) is 3. The number of rotatable bonds is 6. The summed E-state index contributed by atoms with van der Waals surface area (Å²) in [4.78, 5) is 1.77. The standard InChI is InChI=1S/C17H24N4O2S/c1-2-20-15-17(14-18-20)24(22,23)21-12-10-19(11-13-21)9-8-16-6-4-3-5-7-16/h3-7,14-15H,2,8-13H2,1H3/p+1. The van der Waals surface area contributed by atoms with E-state index in [4.69, 9.17) is 0 Å². The average molecular weight is 349 g/mol. The summed E-state index contributed by atoms with van der Waals surface area (Å²) in [7, 11) is -3.41. The minimum Gasteiger partial charge on any atom is -0.332 e. The van der Waals surface area contributed by atoms with Crippen LogP contribution in [0.2, 0.25) is 0 Å². The molecule has 1 aromatic carbocycles. The zero-order valence-corrected chi connectivity index (χ0v) is 14.9. The van der Waals surface area contributed by atoms with Crippen molar-refractivity contribution in [2.75, 3.05) is 32.7 Å². The molecule has 0 atom stereocenters. The van der Waals surface area contributed by atoms with Gasteiger partial charge in [0.15, 0.2) is 0 Å². The van der Waals surface area contributed by atoms with Crippen molar-refractivity contribution < 1.29 is 13.3 Å². The van der Waals surface area contributed by atoms with Crippen molar-refractivity contribution in [2.45, 2.75) is 24.8 Å². The van der Waals surface area contributed by atoms with Gasteiger partial charge in [0.05, 0.1) is 38.9 Å². The molecule has 0 amide bonds. The van der Waals surface area contributed by atoms with Gasteiger partial charge in [-0.1, -0.05) is 30.3 Å². The molecule has 0 bridgehead atoms. The Bertz CT molecular complexity index is 750. The quantitative estimate of drug-likeness (QED) is 0.801. The summed E-state index contributed by atoms with van der Waals surface area (Å²) in [5, 5.41) is 4.08. The highest BCUT2D eigenvalue weighted by Gasteiger charge is 2.31. The predicted molar refractivity (Wildman–Crippen MR) is 92.4 cm³/mol. The predicted octanol–water partition coefficient (Wildman–Crippen LogP) is 0.0349. The molecule has 0 unspecified atom stereocenters. The first-order valence-electron chi connectivity index (χ1n) is 8.49. The second-order valence-corrected chi connectivity index (χ2v) is 8.11.